The molecule has 5 heteroatoms. The van der Waals surface area contributed by atoms with Gasteiger partial charge in [-0.25, -0.2) is 0 Å². The van der Waals surface area contributed by atoms with Gasteiger partial charge in [-0.05, 0) is 0 Å². The van der Waals surface area contributed by atoms with Crippen LogP contribution in [0.4, 0.5) is 5.69 Å². The predicted octanol–water partition coefficient (Wildman–Crippen LogP) is 4.06. The molecular weight excluding hydrogens is 596 g/mol. The average molecular weight is 606 g/mol. The first-order valence-corrected chi connectivity index (χ1v) is 10.0. The summed E-state index contributed by atoms with van der Waals surface area (Å²) in [5.41, 5.74) is 0.771. The third-order valence-electron chi connectivity index (χ3n) is 1.43. The molecule has 0 aromatic heterocycles. The Kier molecular flexibility index (Phi) is 5.78. The van der Waals surface area contributed by atoms with Crippen LogP contribution in [0.1, 0.15) is 13.8 Å². The van der Waals surface area contributed by atoms with Gasteiger partial charge in [-0.1, -0.05) is 0 Å². The summed E-state index contributed by atoms with van der Waals surface area (Å²) in [6, 6.07) is 5.50. The molecule has 1 rings (SSSR count). The number of hydrogen-bond acceptors (Lipinski definition) is 1. The van der Waals surface area contributed by atoms with Crippen molar-refractivity contribution in [1.82, 2.24) is 0 Å². The minimum absolute atomic E-state index is 0.377. The third kappa shape index (κ3) is 5.29. The quantitative estimate of drug-likeness (QED) is 0.451. The van der Waals surface area contributed by atoms with Crippen molar-refractivity contribution in [2.24, 2.45) is 3.50 Å². The molecule has 0 atom stereocenters. The molecule has 0 fully saturated rings. The molecule has 0 aliphatic carbocycles. The van der Waals surface area contributed by atoms with Crippen molar-refractivity contribution in [3.8, 4) is 0 Å². The summed E-state index contributed by atoms with van der Waals surface area (Å²) in [6.45, 7) is 4.48. The van der Waals surface area contributed by atoms with Crippen LogP contribution in [0.25, 0.3) is 0 Å². The van der Waals surface area contributed by atoms with E-state index in [2.05, 4.69) is 21.7 Å². The first kappa shape index (κ1) is 14.1. The van der Waals surface area contributed by atoms with Gasteiger partial charge in [0, 0.05) is 0 Å². The normalized spacial score (nSPS) is 11.0. The molecule has 0 saturated carbocycles. The molecule has 0 N–H and O–H groups in total. The molecule has 0 aliphatic heterocycles. The monoisotopic (exact) mass is 606 g/mol. The zero-order chi connectivity index (χ0) is 11.5. The van der Waals surface area contributed by atoms with Crippen molar-refractivity contribution in [3.63, 3.8) is 0 Å². The van der Waals surface area contributed by atoms with Gasteiger partial charge in [0.15, 0.2) is 0 Å². The van der Waals surface area contributed by atoms with Crippen LogP contribution in [0.5, 0.6) is 0 Å². The molecule has 0 spiro atoms. The fourth-order valence-corrected chi connectivity index (χ4v) is 5.57. The molecule has 0 amide bonds. The number of benzene rings is 1. The Morgan fingerprint density at radius 1 is 1.33 bits per heavy atom. The van der Waals surface area contributed by atoms with Crippen LogP contribution in [0.15, 0.2) is 21.7 Å². The van der Waals surface area contributed by atoms with E-state index < -0.39 is 17.9 Å². The van der Waals surface area contributed by atoms with Crippen LogP contribution in [0.2, 0.25) is 13.0 Å². The van der Waals surface area contributed by atoms with E-state index in [4.69, 9.17) is 23.2 Å². The van der Waals surface area contributed by atoms with Crippen LogP contribution in [-0.2, 0) is 17.9 Å². The summed E-state index contributed by atoms with van der Waals surface area (Å²) in [6.07, 6.45) is 0. The number of nitrogens with zero attached hydrogens (tertiary/aromatic N) is 1. The van der Waals surface area contributed by atoms with Crippen molar-refractivity contribution in [3.05, 3.63) is 28.2 Å². The molecule has 0 saturated heterocycles. The molecule has 0 unspecified atom stereocenters. The van der Waals surface area contributed by atoms with Gasteiger partial charge in [0.25, 0.3) is 0 Å². The van der Waals surface area contributed by atoms with Crippen LogP contribution < -0.4 is 0 Å². The molecule has 1 nitrogen and oxygen atoms in total. The topological polar surface area (TPSA) is 12.4 Å². The zero-order valence-corrected chi connectivity index (χ0v) is 16.8. The molecule has 15 heavy (non-hydrogen) atoms. The Balaban J connectivity index is 3.05. The summed E-state index contributed by atoms with van der Waals surface area (Å²) < 4.78 is 7.30. The first-order valence-electron chi connectivity index (χ1n) is 4.30. The molecule has 1 aromatic carbocycles. The summed E-state index contributed by atoms with van der Waals surface area (Å²) in [5, 5.41) is 1.31. The van der Waals surface area contributed by atoms with E-state index in [0.29, 0.717) is 13.0 Å². The van der Waals surface area contributed by atoms with E-state index >= 15 is 0 Å². The molecule has 79 valence electrons. The first-order chi connectivity index (χ1) is 6.90. The second kappa shape index (κ2) is 6.13. The second-order valence-corrected chi connectivity index (χ2v) is 11.7. The Labute approximate surface area is 124 Å². The zero-order valence-electron chi connectivity index (χ0n) is 8.42. The summed E-state index contributed by atoms with van der Waals surface area (Å²) in [4.78, 5) is 0. The van der Waals surface area contributed by atoms with Gasteiger partial charge in [0.1, 0.15) is 0 Å². The van der Waals surface area contributed by atoms with Crippen LogP contribution >= 0.6 is 23.2 Å². The van der Waals surface area contributed by atoms with Gasteiger partial charge in [-0.3, -0.25) is 0 Å². The van der Waals surface area contributed by atoms with Crippen molar-refractivity contribution in [1.29, 1.82) is 0 Å². The Morgan fingerprint density at radius 2 is 1.87 bits per heavy atom. The average Bonchev–Trinajstić information content (AvgIpc) is 2.08. The molecule has 0 aliphatic rings. The van der Waals surface area contributed by atoms with E-state index in [0.717, 1.165) is 31.5 Å². The molecule has 3 radical (unpaired) electrons. The van der Waals surface area contributed by atoms with Gasteiger partial charge in [0.2, 0.25) is 0 Å². The SMILES string of the molecule is C[C](C)([Pb])[CH]=[W]=[N]c1c(Cl)cccc1Cl. The van der Waals surface area contributed by atoms with E-state index in [1.54, 1.807) is 0 Å². The minimum atomic E-state index is -0.815. The summed E-state index contributed by atoms with van der Waals surface area (Å²) in [7, 11) is 0. The third-order valence-corrected chi connectivity index (χ3v) is 9.32. The predicted molar refractivity (Wildman–Crippen MR) is 64.4 cm³/mol. The van der Waals surface area contributed by atoms with Crippen LogP contribution in [-0.4, -0.2) is 30.2 Å². The maximum atomic E-state index is 6.02. The molecule has 0 bridgehead atoms. The van der Waals surface area contributed by atoms with Crippen molar-refractivity contribution in [2.45, 2.75) is 16.8 Å². The number of hydrogen-bond donors (Lipinski definition) is 0. The van der Waals surface area contributed by atoms with Gasteiger partial charge in [-0.15, -0.1) is 0 Å². The molecule has 1 aromatic rings. The van der Waals surface area contributed by atoms with Gasteiger partial charge < -0.3 is 0 Å². The van der Waals surface area contributed by atoms with E-state index in [9.17, 15) is 0 Å². The Bertz CT molecular complexity index is 400. The second-order valence-electron chi connectivity index (χ2n) is 3.61. The standard InChI is InChI=1S/C6H3Cl2N.C4H7.Pb.W/c7-4-2-1-3-5(8)6(4)9;1-4(2)3;;/h1-3H;1H,2-3H3;;. The molecular formula is C10H10Cl2NPbW. The van der Waals surface area contributed by atoms with E-state index in [-0.39, 0.29) is 0 Å². The van der Waals surface area contributed by atoms with Gasteiger partial charge >= 0.3 is 126 Å². The van der Waals surface area contributed by atoms with Crippen molar-refractivity contribution in [2.75, 3.05) is 0 Å². The van der Waals surface area contributed by atoms with E-state index in [1.807, 2.05) is 18.2 Å². The van der Waals surface area contributed by atoms with Crippen LogP contribution in [0.3, 0.4) is 0 Å². The molecule has 0 heterocycles. The maximum absolute atomic E-state index is 6.02. The van der Waals surface area contributed by atoms with Crippen LogP contribution in [0, 0.1) is 0 Å². The van der Waals surface area contributed by atoms with E-state index in [1.165, 1.54) is 0 Å². The Morgan fingerprint density at radius 3 is 2.33 bits per heavy atom. The fraction of sp³-hybridized carbons (Fsp3) is 0.300. The summed E-state index contributed by atoms with van der Waals surface area (Å²) >= 11 is 12.4. The Hall–Kier alpha value is 1.08. The number of halogens is 2. The fourth-order valence-electron chi connectivity index (χ4n) is 0.787. The van der Waals surface area contributed by atoms with Crippen molar-refractivity contribution >= 4 is 59.1 Å². The van der Waals surface area contributed by atoms with Gasteiger partial charge in [0.05, 0.1) is 0 Å². The van der Waals surface area contributed by atoms with Crippen molar-refractivity contribution < 1.29 is 17.9 Å². The number of rotatable bonds is 2. The summed E-state index contributed by atoms with van der Waals surface area (Å²) in [5.74, 6) is 0. The van der Waals surface area contributed by atoms with Gasteiger partial charge in [-0.2, -0.15) is 0 Å².